The second-order valence-corrected chi connectivity index (χ2v) is 11.6. The topological polar surface area (TPSA) is 132 Å². The average molecular weight is 507 g/mol. The molecule has 3 aromatic rings. The molecular weight excluding hydrogens is 476 g/mol. The predicted octanol–water partition coefficient (Wildman–Crippen LogP) is 2.97. The maximum absolute atomic E-state index is 12.5. The van der Waals surface area contributed by atoms with Gasteiger partial charge >= 0.3 is 0 Å². The molecule has 0 bridgehead atoms. The van der Waals surface area contributed by atoms with Crippen LogP contribution in [0.2, 0.25) is 0 Å². The van der Waals surface area contributed by atoms with Crippen LogP contribution in [0.1, 0.15) is 56.6 Å². The van der Waals surface area contributed by atoms with Crippen LogP contribution in [0.3, 0.4) is 0 Å². The van der Waals surface area contributed by atoms with Crippen molar-refractivity contribution in [2.45, 2.75) is 50.7 Å². The SMILES string of the molecule is CC(C)c1c(Nc2ccnc(-c3cnn(S(=O)(=O)C4CC4)c3)n2)ncc(C#CCN2CCCC2)c1N. The van der Waals surface area contributed by atoms with Gasteiger partial charge in [0, 0.05) is 18.0 Å². The highest BCUT2D eigenvalue weighted by atomic mass is 32.2. The van der Waals surface area contributed by atoms with E-state index in [1.807, 2.05) is 0 Å². The molecule has 11 heteroatoms. The van der Waals surface area contributed by atoms with Gasteiger partial charge in [-0.15, -0.1) is 0 Å². The number of nitrogens with one attached hydrogen (secondary N) is 1. The van der Waals surface area contributed by atoms with Crippen LogP contribution in [0.4, 0.5) is 17.3 Å². The maximum atomic E-state index is 12.5. The summed E-state index contributed by atoms with van der Waals surface area (Å²) in [7, 11) is -3.45. The quantitative estimate of drug-likeness (QED) is 0.464. The van der Waals surface area contributed by atoms with Gasteiger partial charge in [0.05, 0.1) is 41.0 Å². The van der Waals surface area contributed by atoms with Crippen molar-refractivity contribution in [3.05, 3.63) is 42.0 Å². The van der Waals surface area contributed by atoms with Crippen LogP contribution in [0, 0.1) is 11.8 Å². The molecule has 5 rings (SSSR count). The van der Waals surface area contributed by atoms with Crippen LogP contribution in [0.15, 0.2) is 30.9 Å². The third kappa shape index (κ3) is 5.05. The van der Waals surface area contributed by atoms with Crippen LogP contribution < -0.4 is 11.1 Å². The maximum Gasteiger partial charge on any atom is 0.256 e. The molecule has 0 amide bonds. The minimum atomic E-state index is -3.45. The van der Waals surface area contributed by atoms with E-state index in [-0.39, 0.29) is 11.2 Å². The molecule has 0 radical (unpaired) electrons. The Morgan fingerprint density at radius 2 is 1.97 bits per heavy atom. The molecule has 188 valence electrons. The zero-order valence-corrected chi connectivity index (χ0v) is 21.3. The zero-order chi connectivity index (χ0) is 25.3. The van der Waals surface area contributed by atoms with E-state index >= 15 is 0 Å². The van der Waals surface area contributed by atoms with E-state index in [4.69, 9.17) is 5.73 Å². The number of nitrogens with two attached hydrogens (primary N) is 1. The summed E-state index contributed by atoms with van der Waals surface area (Å²) in [6, 6.07) is 1.72. The third-order valence-corrected chi connectivity index (χ3v) is 8.42. The largest absolute Gasteiger partial charge is 0.397 e. The highest BCUT2D eigenvalue weighted by Gasteiger charge is 2.37. The van der Waals surface area contributed by atoms with Crippen molar-refractivity contribution in [2.24, 2.45) is 0 Å². The first-order chi connectivity index (χ1) is 17.3. The fraction of sp³-hybridized carbons (Fsp3) is 0.440. The number of rotatable bonds is 7. The van der Waals surface area contributed by atoms with Crippen molar-refractivity contribution in [3.63, 3.8) is 0 Å². The van der Waals surface area contributed by atoms with Crippen molar-refractivity contribution in [1.29, 1.82) is 0 Å². The Kier molecular flexibility index (Phi) is 6.64. The number of aromatic nitrogens is 5. The first-order valence-corrected chi connectivity index (χ1v) is 13.7. The molecular formula is C25H30N8O2S. The third-order valence-electron chi connectivity index (χ3n) is 6.39. The van der Waals surface area contributed by atoms with Gasteiger partial charge < -0.3 is 11.1 Å². The normalized spacial score (nSPS) is 16.2. The van der Waals surface area contributed by atoms with Crippen molar-refractivity contribution in [2.75, 3.05) is 30.7 Å². The first kappa shape index (κ1) is 24.2. The first-order valence-electron chi connectivity index (χ1n) is 12.2. The van der Waals surface area contributed by atoms with E-state index in [1.54, 1.807) is 18.5 Å². The number of hydrogen-bond acceptors (Lipinski definition) is 9. The molecule has 2 fully saturated rings. The lowest BCUT2D eigenvalue weighted by Gasteiger charge is -2.17. The molecule has 36 heavy (non-hydrogen) atoms. The summed E-state index contributed by atoms with van der Waals surface area (Å²) in [4.78, 5) is 15.8. The Labute approximate surface area is 211 Å². The van der Waals surface area contributed by atoms with E-state index in [9.17, 15) is 8.42 Å². The van der Waals surface area contributed by atoms with Gasteiger partial charge in [0.15, 0.2) is 5.82 Å². The van der Waals surface area contributed by atoms with Crippen molar-refractivity contribution in [1.82, 2.24) is 29.0 Å². The number of likely N-dealkylation sites (tertiary alicyclic amines) is 1. The van der Waals surface area contributed by atoms with E-state index < -0.39 is 10.0 Å². The molecule has 4 heterocycles. The molecule has 1 aliphatic carbocycles. The van der Waals surface area contributed by atoms with Crippen LogP contribution in [-0.4, -0.2) is 62.3 Å². The van der Waals surface area contributed by atoms with Gasteiger partial charge in [0.1, 0.15) is 11.6 Å². The number of hydrogen-bond donors (Lipinski definition) is 2. The molecule has 2 aliphatic rings. The van der Waals surface area contributed by atoms with Crippen molar-refractivity contribution >= 4 is 27.3 Å². The van der Waals surface area contributed by atoms with E-state index in [1.165, 1.54) is 25.2 Å². The number of anilines is 3. The van der Waals surface area contributed by atoms with Gasteiger partial charge in [-0.25, -0.2) is 23.4 Å². The van der Waals surface area contributed by atoms with Crippen molar-refractivity contribution in [3.8, 4) is 23.2 Å². The molecule has 0 spiro atoms. The molecule has 3 N–H and O–H groups in total. The molecule has 1 saturated carbocycles. The summed E-state index contributed by atoms with van der Waals surface area (Å²) >= 11 is 0. The average Bonchev–Trinajstić information content (AvgIpc) is 3.37. The van der Waals surface area contributed by atoms with Gasteiger partial charge in [0.25, 0.3) is 10.0 Å². The smallest absolute Gasteiger partial charge is 0.256 e. The Morgan fingerprint density at radius 1 is 1.19 bits per heavy atom. The van der Waals surface area contributed by atoms with E-state index in [0.717, 1.165) is 34.8 Å². The minimum absolute atomic E-state index is 0.104. The summed E-state index contributed by atoms with van der Waals surface area (Å²) in [5.41, 5.74) is 9.24. The molecule has 0 aromatic carbocycles. The fourth-order valence-electron chi connectivity index (χ4n) is 4.28. The zero-order valence-electron chi connectivity index (χ0n) is 20.5. The standard InChI is InChI=1S/C25H30N8O2S/c1-17(2)22-23(26)18(6-5-13-32-11-3-4-12-32)14-28-25(22)31-21-9-10-27-24(30-21)19-15-29-33(16-19)36(34,35)20-7-8-20/h9-10,14-17,20H,3-4,7-8,11-13H2,1-2H3,(H3,26,27,28,30,31). The molecule has 3 aromatic heterocycles. The van der Waals surface area contributed by atoms with Gasteiger partial charge in [-0.2, -0.15) is 9.19 Å². The number of nitrogen functional groups attached to an aromatic ring is 1. The second kappa shape index (κ2) is 9.87. The Hall–Kier alpha value is -3.49. The van der Waals surface area contributed by atoms with Gasteiger partial charge in [-0.05, 0) is 50.8 Å². The van der Waals surface area contributed by atoms with Crippen LogP contribution in [-0.2, 0) is 10.0 Å². The summed E-state index contributed by atoms with van der Waals surface area (Å²) in [5.74, 6) is 8.01. The van der Waals surface area contributed by atoms with Crippen molar-refractivity contribution < 1.29 is 8.42 Å². The minimum Gasteiger partial charge on any atom is -0.397 e. The van der Waals surface area contributed by atoms with E-state index in [2.05, 4.69) is 56.0 Å². The summed E-state index contributed by atoms with van der Waals surface area (Å²) in [6.07, 6.45) is 10.0. The van der Waals surface area contributed by atoms with E-state index in [0.29, 0.717) is 41.6 Å². The molecule has 1 aliphatic heterocycles. The Morgan fingerprint density at radius 3 is 2.69 bits per heavy atom. The lowest BCUT2D eigenvalue weighted by Crippen LogP contribution is -2.19. The van der Waals surface area contributed by atoms with Gasteiger partial charge in [-0.1, -0.05) is 25.7 Å². The summed E-state index contributed by atoms with van der Waals surface area (Å²) < 4.78 is 25.9. The summed E-state index contributed by atoms with van der Waals surface area (Å²) in [5, 5.41) is 6.94. The van der Waals surface area contributed by atoms with Gasteiger partial charge in [0.2, 0.25) is 0 Å². The second-order valence-electron chi connectivity index (χ2n) is 9.52. The monoisotopic (exact) mass is 506 g/mol. The fourth-order valence-corrected chi connectivity index (χ4v) is 5.75. The van der Waals surface area contributed by atoms with Gasteiger partial charge in [-0.3, -0.25) is 4.90 Å². The number of nitrogens with zero attached hydrogens (tertiary/aromatic N) is 6. The molecule has 1 saturated heterocycles. The lowest BCUT2D eigenvalue weighted by atomic mass is 9.99. The molecule has 0 unspecified atom stereocenters. The van der Waals surface area contributed by atoms with Crippen LogP contribution >= 0.6 is 0 Å². The Balaban J connectivity index is 1.37. The molecule has 10 nitrogen and oxygen atoms in total. The highest BCUT2D eigenvalue weighted by Crippen LogP contribution is 2.33. The predicted molar refractivity (Wildman–Crippen MR) is 139 cm³/mol. The summed E-state index contributed by atoms with van der Waals surface area (Å²) in [6.45, 7) is 7.04. The van der Waals surface area contributed by atoms with Crippen LogP contribution in [0.5, 0.6) is 0 Å². The Bertz CT molecular complexity index is 1430. The molecule has 0 atom stereocenters. The number of pyridine rings is 1. The highest BCUT2D eigenvalue weighted by molar-refractivity contribution is 7.90. The lowest BCUT2D eigenvalue weighted by molar-refractivity contribution is 0.383. The van der Waals surface area contributed by atoms with Crippen LogP contribution in [0.25, 0.3) is 11.4 Å².